The number of pyridine rings is 1. The summed E-state index contributed by atoms with van der Waals surface area (Å²) in [7, 11) is 0. The highest BCUT2D eigenvalue weighted by molar-refractivity contribution is 5.43. The maximum Gasteiger partial charge on any atom is 0.0746 e. The average Bonchev–Trinajstić information content (AvgIpc) is 2.35. The number of hydrogen-bond donors (Lipinski definition) is 2. The van der Waals surface area contributed by atoms with E-state index in [1.54, 1.807) is 0 Å². The average molecular weight is 263 g/mol. The molecule has 1 saturated heterocycles. The maximum atomic E-state index is 10.1. The zero-order chi connectivity index (χ0) is 13.7. The van der Waals surface area contributed by atoms with E-state index in [1.165, 1.54) is 0 Å². The van der Waals surface area contributed by atoms with Crippen molar-refractivity contribution < 1.29 is 5.11 Å². The van der Waals surface area contributed by atoms with Gasteiger partial charge in [0.2, 0.25) is 0 Å². The van der Waals surface area contributed by atoms with Crippen LogP contribution >= 0.6 is 0 Å². The Morgan fingerprint density at radius 2 is 2.37 bits per heavy atom. The molecule has 0 amide bonds. The summed E-state index contributed by atoms with van der Waals surface area (Å²) < 4.78 is 0. The van der Waals surface area contributed by atoms with Gasteiger partial charge in [-0.05, 0) is 44.9 Å². The predicted molar refractivity (Wildman–Crippen MR) is 78.2 cm³/mol. The Morgan fingerprint density at radius 3 is 3.11 bits per heavy atom. The van der Waals surface area contributed by atoms with Crippen LogP contribution in [0.3, 0.4) is 0 Å². The lowest BCUT2D eigenvalue weighted by atomic mass is 9.95. The van der Waals surface area contributed by atoms with Crippen molar-refractivity contribution in [2.45, 2.75) is 45.3 Å². The second-order valence-corrected chi connectivity index (χ2v) is 5.77. The first kappa shape index (κ1) is 14.3. The molecule has 1 unspecified atom stereocenters. The van der Waals surface area contributed by atoms with Gasteiger partial charge in [0.25, 0.3) is 0 Å². The zero-order valence-corrected chi connectivity index (χ0v) is 12.0. The van der Waals surface area contributed by atoms with Crippen LogP contribution in [0.5, 0.6) is 0 Å². The van der Waals surface area contributed by atoms with Crippen molar-refractivity contribution in [3.05, 3.63) is 24.0 Å². The molecule has 1 atom stereocenters. The largest absolute Gasteiger partial charge is 0.389 e. The molecular weight excluding hydrogens is 238 g/mol. The van der Waals surface area contributed by atoms with Crippen LogP contribution in [0, 0.1) is 0 Å². The topological polar surface area (TPSA) is 48.4 Å². The molecule has 4 heteroatoms. The van der Waals surface area contributed by atoms with Crippen molar-refractivity contribution in [2.24, 2.45) is 0 Å². The van der Waals surface area contributed by atoms with Crippen molar-refractivity contribution in [1.82, 2.24) is 9.88 Å². The highest BCUT2D eigenvalue weighted by atomic mass is 16.3. The van der Waals surface area contributed by atoms with Gasteiger partial charge in [0.1, 0.15) is 0 Å². The number of rotatable bonds is 5. The van der Waals surface area contributed by atoms with Gasteiger partial charge in [0.05, 0.1) is 11.3 Å². The Balaban J connectivity index is 1.94. The van der Waals surface area contributed by atoms with Crippen molar-refractivity contribution in [2.75, 3.05) is 25.0 Å². The maximum absolute atomic E-state index is 10.1. The van der Waals surface area contributed by atoms with Gasteiger partial charge in [-0.15, -0.1) is 0 Å². The number of nitrogens with one attached hydrogen (secondary N) is 1. The van der Waals surface area contributed by atoms with Crippen LogP contribution in [0.15, 0.2) is 18.3 Å². The molecule has 4 nitrogen and oxygen atoms in total. The molecule has 19 heavy (non-hydrogen) atoms. The third kappa shape index (κ3) is 4.48. The first-order valence-corrected chi connectivity index (χ1v) is 7.22. The van der Waals surface area contributed by atoms with E-state index in [9.17, 15) is 5.11 Å². The summed E-state index contributed by atoms with van der Waals surface area (Å²) in [5.41, 5.74) is 1.66. The van der Waals surface area contributed by atoms with Gasteiger partial charge in [-0.3, -0.25) is 9.88 Å². The lowest BCUT2D eigenvalue weighted by Crippen LogP contribution is -2.45. The summed E-state index contributed by atoms with van der Waals surface area (Å²) in [6, 6.07) is 4.12. The van der Waals surface area contributed by atoms with Crippen LogP contribution in [0.25, 0.3) is 0 Å². The number of anilines is 1. The number of aromatic nitrogens is 1. The molecule has 1 aromatic heterocycles. The van der Waals surface area contributed by atoms with Crippen molar-refractivity contribution in [1.29, 1.82) is 0 Å². The van der Waals surface area contributed by atoms with Crippen LogP contribution < -0.4 is 5.32 Å². The molecule has 0 bridgehead atoms. The monoisotopic (exact) mass is 263 g/mol. The molecule has 2 rings (SSSR count). The van der Waals surface area contributed by atoms with E-state index in [4.69, 9.17) is 0 Å². The molecule has 1 aliphatic heterocycles. The number of piperidine rings is 1. The van der Waals surface area contributed by atoms with Gasteiger partial charge in [-0.25, -0.2) is 0 Å². The summed E-state index contributed by atoms with van der Waals surface area (Å²) in [6.07, 6.45) is 4.93. The SMILES string of the molecule is CCCNc1ccnc(CN2CCCC(C)(O)C2)c1. The first-order chi connectivity index (χ1) is 9.09. The standard InChI is InChI=1S/C15H25N3O/c1-3-7-16-13-5-8-17-14(10-13)11-18-9-4-6-15(2,19)12-18/h5,8,10,19H,3-4,6-7,9,11-12H2,1-2H3,(H,16,17). The molecule has 0 aromatic carbocycles. The fraction of sp³-hybridized carbons (Fsp3) is 0.667. The third-order valence-electron chi connectivity index (χ3n) is 3.54. The molecule has 1 aromatic rings. The minimum atomic E-state index is -0.545. The van der Waals surface area contributed by atoms with Crippen molar-refractivity contribution in [3.63, 3.8) is 0 Å². The van der Waals surface area contributed by atoms with E-state index in [2.05, 4.69) is 28.2 Å². The summed E-state index contributed by atoms with van der Waals surface area (Å²) in [6.45, 7) is 7.67. The predicted octanol–water partition coefficient (Wildman–Crippen LogP) is 2.25. The smallest absolute Gasteiger partial charge is 0.0746 e. The Kier molecular flexibility index (Phi) is 4.77. The highest BCUT2D eigenvalue weighted by Crippen LogP contribution is 2.21. The van der Waals surface area contributed by atoms with Gasteiger partial charge in [0, 0.05) is 31.5 Å². The second kappa shape index (κ2) is 6.35. The number of hydrogen-bond acceptors (Lipinski definition) is 4. The van der Waals surface area contributed by atoms with Crippen LogP contribution in [0.4, 0.5) is 5.69 Å². The van der Waals surface area contributed by atoms with E-state index in [-0.39, 0.29) is 0 Å². The highest BCUT2D eigenvalue weighted by Gasteiger charge is 2.28. The van der Waals surface area contributed by atoms with E-state index < -0.39 is 5.60 Å². The van der Waals surface area contributed by atoms with Crippen LogP contribution in [0.1, 0.15) is 38.8 Å². The number of aliphatic hydroxyl groups is 1. The molecule has 0 radical (unpaired) electrons. The minimum Gasteiger partial charge on any atom is -0.389 e. The van der Waals surface area contributed by atoms with E-state index in [0.29, 0.717) is 0 Å². The second-order valence-electron chi connectivity index (χ2n) is 5.77. The van der Waals surface area contributed by atoms with Crippen molar-refractivity contribution >= 4 is 5.69 Å². The van der Waals surface area contributed by atoms with Gasteiger partial charge >= 0.3 is 0 Å². The fourth-order valence-corrected chi connectivity index (χ4v) is 2.63. The Labute approximate surface area is 115 Å². The summed E-state index contributed by atoms with van der Waals surface area (Å²) >= 11 is 0. The van der Waals surface area contributed by atoms with Gasteiger partial charge in [-0.1, -0.05) is 6.92 Å². The molecular formula is C15H25N3O. The van der Waals surface area contributed by atoms with Crippen LogP contribution in [-0.4, -0.2) is 40.2 Å². The third-order valence-corrected chi connectivity index (χ3v) is 3.54. The normalized spacial score (nSPS) is 24.4. The van der Waals surface area contributed by atoms with E-state index >= 15 is 0 Å². The minimum absolute atomic E-state index is 0.545. The van der Waals surface area contributed by atoms with E-state index in [1.807, 2.05) is 19.2 Å². The number of β-amino-alcohol motifs (C(OH)–C–C–N with tert-alkyl or cyclic N) is 1. The molecule has 2 N–H and O–H groups in total. The summed E-state index contributed by atoms with van der Waals surface area (Å²) in [5, 5.41) is 13.5. The number of nitrogens with zero attached hydrogens (tertiary/aromatic N) is 2. The van der Waals surface area contributed by atoms with Gasteiger partial charge in [0.15, 0.2) is 0 Å². The van der Waals surface area contributed by atoms with Crippen LogP contribution in [-0.2, 0) is 6.54 Å². The van der Waals surface area contributed by atoms with Gasteiger partial charge < -0.3 is 10.4 Å². The Bertz CT molecular complexity index is 406. The molecule has 2 heterocycles. The molecule has 0 spiro atoms. The fourth-order valence-electron chi connectivity index (χ4n) is 2.63. The first-order valence-electron chi connectivity index (χ1n) is 7.22. The lowest BCUT2D eigenvalue weighted by molar-refractivity contribution is -0.0184. The molecule has 0 saturated carbocycles. The summed E-state index contributed by atoms with van der Waals surface area (Å²) in [4.78, 5) is 6.71. The summed E-state index contributed by atoms with van der Waals surface area (Å²) in [5.74, 6) is 0. The molecule has 106 valence electrons. The van der Waals surface area contributed by atoms with Crippen LogP contribution in [0.2, 0.25) is 0 Å². The van der Waals surface area contributed by atoms with Gasteiger partial charge in [-0.2, -0.15) is 0 Å². The van der Waals surface area contributed by atoms with Crippen molar-refractivity contribution in [3.8, 4) is 0 Å². The zero-order valence-electron chi connectivity index (χ0n) is 12.0. The quantitative estimate of drug-likeness (QED) is 0.855. The Morgan fingerprint density at radius 1 is 1.53 bits per heavy atom. The number of likely N-dealkylation sites (tertiary alicyclic amines) is 1. The lowest BCUT2D eigenvalue weighted by Gasteiger charge is -2.36. The molecule has 1 aliphatic rings. The Hall–Kier alpha value is -1.13. The molecule has 0 aliphatic carbocycles. The van der Waals surface area contributed by atoms with E-state index in [0.717, 1.165) is 56.8 Å². The molecule has 1 fully saturated rings.